The molecule has 2 aliphatic carbocycles. The summed E-state index contributed by atoms with van der Waals surface area (Å²) in [7, 11) is 0. The van der Waals surface area contributed by atoms with E-state index in [0.29, 0.717) is 24.3 Å². The minimum Gasteiger partial charge on any atom is -0.488 e. The maximum atomic E-state index is 12.5. The first-order valence-electron chi connectivity index (χ1n) is 9.08. The number of benzene rings is 1. The third-order valence-electron chi connectivity index (χ3n) is 5.27. The maximum absolute atomic E-state index is 12.5. The number of nitrogens with one attached hydrogen (secondary N) is 2. The van der Waals surface area contributed by atoms with E-state index in [4.69, 9.17) is 4.74 Å². The number of aromatic nitrogens is 2. The summed E-state index contributed by atoms with van der Waals surface area (Å²) in [4.78, 5) is 12.5. The molecule has 1 saturated carbocycles. The van der Waals surface area contributed by atoms with E-state index >= 15 is 0 Å². The van der Waals surface area contributed by atoms with Gasteiger partial charge in [0.15, 0.2) is 5.69 Å². The molecule has 26 heavy (non-hydrogen) atoms. The summed E-state index contributed by atoms with van der Waals surface area (Å²) in [5.41, 5.74) is 2.40. The molecule has 138 valence electrons. The Labute approximate surface area is 151 Å². The minimum atomic E-state index is -1.09. The lowest BCUT2D eigenvalue weighted by atomic mass is 9.87. The van der Waals surface area contributed by atoms with Crippen molar-refractivity contribution in [3.63, 3.8) is 0 Å². The predicted octanol–water partition coefficient (Wildman–Crippen LogP) is 0.960. The molecule has 0 unspecified atom stereocenters. The van der Waals surface area contributed by atoms with Gasteiger partial charge in [-0.15, -0.1) is 0 Å². The first-order chi connectivity index (χ1) is 12.6. The zero-order valence-electron chi connectivity index (χ0n) is 14.4. The van der Waals surface area contributed by atoms with Gasteiger partial charge in [0.05, 0.1) is 6.04 Å². The number of nitrogens with zero attached hydrogens (tertiary/aromatic N) is 1. The number of carbonyl (C=O) groups is 1. The number of aromatic amines is 1. The molecule has 0 radical (unpaired) electrons. The van der Waals surface area contributed by atoms with Gasteiger partial charge in [0.1, 0.15) is 24.1 Å². The molecule has 7 nitrogen and oxygen atoms in total. The van der Waals surface area contributed by atoms with Crippen molar-refractivity contribution in [2.45, 2.75) is 56.5 Å². The Morgan fingerprint density at radius 1 is 1.15 bits per heavy atom. The number of fused-ring (bicyclic) bond motifs is 1. The van der Waals surface area contributed by atoms with Crippen LogP contribution in [0, 0.1) is 0 Å². The number of aliphatic hydroxyl groups excluding tert-OH is 2. The molecule has 1 aromatic carbocycles. The van der Waals surface area contributed by atoms with Crippen LogP contribution in [-0.4, -0.2) is 50.7 Å². The van der Waals surface area contributed by atoms with Gasteiger partial charge in [0.25, 0.3) is 5.91 Å². The second-order valence-electron chi connectivity index (χ2n) is 6.99. The number of H-pyrrole nitrogens is 1. The number of carbonyl (C=O) groups excluding carboxylic acids is 1. The van der Waals surface area contributed by atoms with E-state index in [1.165, 1.54) is 0 Å². The van der Waals surface area contributed by atoms with E-state index in [1.54, 1.807) is 0 Å². The quantitative estimate of drug-likeness (QED) is 0.652. The van der Waals surface area contributed by atoms with Crippen molar-refractivity contribution in [3.05, 3.63) is 47.3 Å². The van der Waals surface area contributed by atoms with Crippen LogP contribution >= 0.6 is 0 Å². The van der Waals surface area contributed by atoms with Crippen LogP contribution in [0.1, 0.15) is 41.0 Å². The first kappa shape index (κ1) is 17.1. The van der Waals surface area contributed by atoms with Crippen molar-refractivity contribution in [2.75, 3.05) is 0 Å². The number of hydrogen-bond donors (Lipinski definition) is 4. The molecule has 0 spiro atoms. The van der Waals surface area contributed by atoms with Crippen LogP contribution in [0.25, 0.3) is 0 Å². The lowest BCUT2D eigenvalue weighted by molar-refractivity contribution is -0.0874. The third kappa shape index (κ3) is 3.20. The first-order valence-corrected chi connectivity index (χ1v) is 9.08. The van der Waals surface area contributed by atoms with Crippen LogP contribution < -0.4 is 10.1 Å². The SMILES string of the molecule is O=C(N[C@@H]1CC[C@@H](Oc2ccccc2)[C@@H](O)[C@@H]1O)c1n[nH]c2c1CCC2. The lowest BCUT2D eigenvalue weighted by Gasteiger charge is -2.37. The molecule has 4 N–H and O–H groups in total. The fourth-order valence-corrected chi connectivity index (χ4v) is 3.85. The Morgan fingerprint density at radius 2 is 1.96 bits per heavy atom. The highest BCUT2D eigenvalue weighted by Gasteiger charge is 2.40. The summed E-state index contributed by atoms with van der Waals surface area (Å²) in [6.45, 7) is 0. The number of ether oxygens (including phenoxy) is 1. The summed E-state index contributed by atoms with van der Waals surface area (Å²) >= 11 is 0. The molecule has 4 rings (SSSR count). The molecule has 0 saturated heterocycles. The Hall–Kier alpha value is -2.38. The van der Waals surface area contributed by atoms with Crippen molar-refractivity contribution < 1.29 is 19.7 Å². The number of aliphatic hydroxyl groups is 2. The second kappa shape index (κ2) is 7.09. The zero-order chi connectivity index (χ0) is 18.1. The van der Waals surface area contributed by atoms with Crippen molar-refractivity contribution >= 4 is 5.91 Å². The van der Waals surface area contributed by atoms with Gasteiger partial charge < -0.3 is 20.3 Å². The van der Waals surface area contributed by atoms with Crippen molar-refractivity contribution in [2.24, 2.45) is 0 Å². The molecule has 1 aromatic heterocycles. The van der Waals surface area contributed by atoms with Crippen LogP contribution in [0.2, 0.25) is 0 Å². The van der Waals surface area contributed by atoms with E-state index in [1.807, 2.05) is 30.3 Å². The predicted molar refractivity (Wildman–Crippen MR) is 94.0 cm³/mol. The topological polar surface area (TPSA) is 107 Å². The average molecular weight is 357 g/mol. The Bertz CT molecular complexity index is 776. The molecule has 2 aromatic rings. The lowest BCUT2D eigenvalue weighted by Crippen LogP contribution is -2.57. The molecule has 1 amide bonds. The number of aryl methyl sites for hydroxylation is 1. The summed E-state index contributed by atoms with van der Waals surface area (Å²) in [6.07, 6.45) is 1.18. The average Bonchev–Trinajstić information content (AvgIpc) is 3.26. The van der Waals surface area contributed by atoms with Crippen molar-refractivity contribution in [1.82, 2.24) is 15.5 Å². The molecule has 1 fully saturated rings. The van der Waals surface area contributed by atoms with Crippen molar-refractivity contribution in [1.29, 1.82) is 0 Å². The summed E-state index contributed by atoms with van der Waals surface area (Å²) in [5.74, 6) is 0.349. The van der Waals surface area contributed by atoms with Gasteiger partial charge in [-0.2, -0.15) is 5.10 Å². The van der Waals surface area contributed by atoms with Gasteiger partial charge in [-0.3, -0.25) is 9.89 Å². The molecule has 2 aliphatic rings. The third-order valence-corrected chi connectivity index (χ3v) is 5.27. The maximum Gasteiger partial charge on any atom is 0.272 e. The standard InChI is InChI=1S/C19H23N3O4/c23-17-14(20-19(25)16-12-7-4-8-13(12)21-22-16)9-10-15(18(17)24)26-11-5-2-1-3-6-11/h1-3,5-6,14-15,17-18,23-24H,4,7-10H2,(H,20,25)(H,21,22)/t14-,15-,17-,18-/m1/s1. The molecule has 0 aliphatic heterocycles. The smallest absolute Gasteiger partial charge is 0.272 e. The monoisotopic (exact) mass is 357 g/mol. The number of amides is 1. The summed E-state index contributed by atoms with van der Waals surface area (Å²) < 4.78 is 5.78. The van der Waals surface area contributed by atoms with E-state index in [2.05, 4.69) is 15.5 Å². The highest BCUT2D eigenvalue weighted by atomic mass is 16.5. The molecule has 4 atom stereocenters. The fourth-order valence-electron chi connectivity index (χ4n) is 3.85. The largest absolute Gasteiger partial charge is 0.488 e. The van der Waals surface area contributed by atoms with Gasteiger partial charge in [0, 0.05) is 11.3 Å². The van der Waals surface area contributed by atoms with Crippen LogP contribution in [0.5, 0.6) is 5.75 Å². The molecule has 1 heterocycles. The fraction of sp³-hybridized carbons (Fsp3) is 0.474. The van der Waals surface area contributed by atoms with Gasteiger partial charge in [0.2, 0.25) is 0 Å². The molecular formula is C19H23N3O4. The van der Waals surface area contributed by atoms with Gasteiger partial charge >= 0.3 is 0 Å². The van der Waals surface area contributed by atoms with Gasteiger partial charge in [-0.25, -0.2) is 0 Å². The molecule has 7 heteroatoms. The Balaban J connectivity index is 1.39. The van der Waals surface area contributed by atoms with Gasteiger partial charge in [-0.1, -0.05) is 18.2 Å². The van der Waals surface area contributed by atoms with Gasteiger partial charge in [-0.05, 0) is 44.2 Å². The summed E-state index contributed by atoms with van der Waals surface area (Å²) in [5, 5.41) is 30.7. The van der Waals surface area contributed by atoms with E-state index in [9.17, 15) is 15.0 Å². The number of hydrogen-bond acceptors (Lipinski definition) is 5. The van der Waals surface area contributed by atoms with Crippen LogP contribution in [-0.2, 0) is 12.8 Å². The van der Waals surface area contributed by atoms with Crippen LogP contribution in [0.4, 0.5) is 0 Å². The molecular weight excluding hydrogens is 334 g/mol. The minimum absolute atomic E-state index is 0.303. The van der Waals surface area contributed by atoms with E-state index in [0.717, 1.165) is 30.5 Å². The zero-order valence-corrected chi connectivity index (χ0v) is 14.4. The Morgan fingerprint density at radius 3 is 2.77 bits per heavy atom. The van der Waals surface area contributed by atoms with Crippen LogP contribution in [0.15, 0.2) is 30.3 Å². The van der Waals surface area contributed by atoms with Crippen molar-refractivity contribution in [3.8, 4) is 5.75 Å². The van der Waals surface area contributed by atoms with Crippen LogP contribution in [0.3, 0.4) is 0 Å². The van der Waals surface area contributed by atoms with E-state index in [-0.39, 0.29) is 5.91 Å². The normalized spacial score (nSPS) is 27.8. The summed E-state index contributed by atoms with van der Waals surface area (Å²) in [6, 6.07) is 8.69. The Kier molecular flexibility index (Phi) is 4.65. The second-order valence-corrected chi connectivity index (χ2v) is 6.99. The van der Waals surface area contributed by atoms with E-state index < -0.39 is 24.4 Å². The number of rotatable bonds is 4. The number of para-hydroxylation sites is 1. The highest BCUT2D eigenvalue weighted by Crippen LogP contribution is 2.26. The highest BCUT2D eigenvalue weighted by molar-refractivity contribution is 5.94. The molecule has 0 bridgehead atoms.